The first-order valence-corrected chi connectivity index (χ1v) is 8.41. The monoisotopic (exact) mass is 331 g/mol. The average Bonchev–Trinajstić information content (AvgIpc) is 3.20. The summed E-state index contributed by atoms with van der Waals surface area (Å²) in [7, 11) is 0. The van der Waals surface area contributed by atoms with Crippen molar-refractivity contribution in [3.05, 3.63) is 24.3 Å². The van der Waals surface area contributed by atoms with Gasteiger partial charge in [0.25, 0.3) is 0 Å². The van der Waals surface area contributed by atoms with Gasteiger partial charge in [-0.25, -0.2) is 9.56 Å². The number of nitrogens with one attached hydrogen (secondary N) is 1. The van der Waals surface area contributed by atoms with Gasteiger partial charge in [-0.1, -0.05) is 23.5 Å². The molecule has 2 aliphatic heterocycles. The van der Waals surface area contributed by atoms with E-state index in [-0.39, 0.29) is 11.8 Å². The molecule has 1 saturated heterocycles. The van der Waals surface area contributed by atoms with Gasteiger partial charge in [0, 0.05) is 5.56 Å². The Labute approximate surface area is 133 Å². The van der Waals surface area contributed by atoms with Crippen molar-refractivity contribution in [1.29, 1.82) is 0 Å². The van der Waals surface area contributed by atoms with Crippen LogP contribution in [-0.4, -0.2) is 43.3 Å². The summed E-state index contributed by atoms with van der Waals surface area (Å²) in [6.07, 6.45) is 0. The fourth-order valence-electron chi connectivity index (χ4n) is 2.15. The predicted molar refractivity (Wildman–Crippen MR) is 84.5 cm³/mol. The van der Waals surface area contributed by atoms with Crippen LogP contribution in [0.15, 0.2) is 34.4 Å². The highest BCUT2D eigenvalue weighted by atomic mass is 32.2. The second kappa shape index (κ2) is 5.25. The predicted octanol–water partition coefficient (Wildman–Crippen LogP) is 1.54. The van der Waals surface area contributed by atoms with Crippen LogP contribution in [0.25, 0.3) is 11.4 Å². The number of amidine groups is 1. The van der Waals surface area contributed by atoms with Crippen molar-refractivity contribution < 1.29 is 9.59 Å². The van der Waals surface area contributed by atoms with Crippen molar-refractivity contribution in [2.24, 2.45) is 4.99 Å². The first-order chi connectivity index (χ1) is 10.7. The number of fused-ring (bicyclic) bond motifs is 1. The zero-order valence-electron chi connectivity index (χ0n) is 11.1. The summed E-state index contributed by atoms with van der Waals surface area (Å²) in [5.41, 5.74) is 1.54. The van der Waals surface area contributed by atoms with Crippen molar-refractivity contribution >= 4 is 46.2 Å². The topological polar surface area (TPSA) is 89.2 Å². The maximum Gasteiger partial charge on any atom is 0.244 e. The lowest BCUT2D eigenvalue weighted by molar-refractivity contribution is -0.116. The van der Waals surface area contributed by atoms with Crippen LogP contribution in [0.3, 0.4) is 0 Å². The molecule has 0 saturated carbocycles. The molecule has 9 heteroatoms. The number of rotatable bonds is 2. The molecule has 0 atom stereocenters. The quantitative estimate of drug-likeness (QED) is 0.898. The molecule has 1 aromatic carbocycles. The Morgan fingerprint density at radius 1 is 1.09 bits per heavy atom. The van der Waals surface area contributed by atoms with Gasteiger partial charge < -0.3 is 5.32 Å². The number of benzene rings is 1. The van der Waals surface area contributed by atoms with Crippen molar-refractivity contribution in [3.63, 3.8) is 0 Å². The van der Waals surface area contributed by atoms with Crippen LogP contribution in [0, 0.1) is 0 Å². The minimum atomic E-state index is -0.0320. The van der Waals surface area contributed by atoms with Gasteiger partial charge in [-0.3, -0.25) is 9.59 Å². The van der Waals surface area contributed by atoms with Gasteiger partial charge in [-0.15, -0.1) is 10.2 Å². The molecule has 0 aliphatic carbocycles. The lowest BCUT2D eigenvalue weighted by atomic mass is 10.2. The third-order valence-corrected chi connectivity index (χ3v) is 4.94. The van der Waals surface area contributed by atoms with Crippen molar-refractivity contribution in [2.75, 3.05) is 11.5 Å². The smallest absolute Gasteiger partial charge is 0.244 e. The number of amides is 1. The minimum absolute atomic E-state index is 0.00520. The van der Waals surface area contributed by atoms with E-state index in [2.05, 4.69) is 20.5 Å². The fraction of sp³-hybridized carbons (Fsp3) is 0.154. The van der Waals surface area contributed by atoms with Gasteiger partial charge in [-0.05, 0) is 24.3 Å². The van der Waals surface area contributed by atoms with Crippen LogP contribution in [-0.2, 0) is 4.79 Å². The first kappa shape index (κ1) is 13.5. The molecular weight excluding hydrogens is 322 g/mol. The molecule has 7 nitrogen and oxygen atoms in total. The van der Waals surface area contributed by atoms with E-state index in [0.29, 0.717) is 27.7 Å². The number of nitrogens with zero attached hydrogens (tertiary/aromatic N) is 4. The van der Waals surface area contributed by atoms with E-state index in [4.69, 9.17) is 0 Å². The van der Waals surface area contributed by atoms with Crippen LogP contribution in [0.2, 0.25) is 0 Å². The Morgan fingerprint density at radius 2 is 1.91 bits per heavy atom. The maximum absolute atomic E-state index is 11.8. The fourth-order valence-corrected chi connectivity index (χ4v) is 3.65. The van der Waals surface area contributed by atoms with Crippen LogP contribution in [0.4, 0.5) is 5.69 Å². The van der Waals surface area contributed by atoms with Crippen LogP contribution in [0.5, 0.6) is 0 Å². The number of hydrogen-bond acceptors (Lipinski definition) is 7. The van der Waals surface area contributed by atoms with Crippen molar-refractivity contribution in [2.45, 2.75) is 5.16 Å². The second-order valence-electron chi connectivity index (χ2n) is 4.62. The molecule has 3 heterocycles. The van der Waals surface area contributed by atoms with E-state index in [9.17, 15) is 9.59 Å². The van der Waals surface area contributed by atoms with Crippen LogP contribution < -0.4 is 5.32 Å². The Hall–Kier alpha value is -2.13. The summed E-state index contributed by atoms with van der Waals surface area (Å²) in [5.74, 6) is 1.32. The summed E-state index contributed by atoms with van der Waals surface area (Å²) in [6, 6.07) is 7.33. The average molecular weight is 331 g/mol. The molecule has 0 unspecified atom stereocenters. The van der Waals surface area contributed by atoms with Gasteiger partial charge >= 0.3 is 0 Å². The number of hydrogen-bond donors (Lipinski definition) is 1. The zero-order chi connectivity index (χ0) is 15.1. The highest BCUT2D eigenvalue weighted by Crippen LogP contribution is 2.30. The summed E-state index contributed by atoms with van der Waals surface area (Å²) >= 11 is 2.77. The van der Waals surface area contributed by atoms with E-state index >= 15 is 0 Å². The molecule has 1 N–H and O–H groups in total. The summed E-state index contributed by atoms with van der Waals surface area (Å²) in [5, 5.41) is 12.0. The Morgan fingerprint density at radius 3 is 2.64 bits per heavy atom. The van der Waals surface area contributed by atoms with Crippen LogP contribution in [0.1, 0.15) is 4.79 Å². The Bertz CT molecular complexity index is 812. The molecular formula is C13H9N5O2S2. The summed E-state index contributed by atoms with van der Waals surface area (Å²) < 4.78 is 1.54. The minimum Gasteiger partial charge on any atom is -0.304 e. The number of aliphatic imine (C=N–C) groups is 1. The maximum atomic E-state index is 11.8. The molecule has 0 radical (unpaired) electrons. The molecule has 4 rings (SSSR count). The summed E-state index contributed by atoms with van der Waals surface area (Å²) in [6.45, 7) is 0. The van der Waals surface area contributed by atoms with Gasteiger partial charge in [-0.2, -0.15) is 0 Å². The molecule has 2 aliphatic rings. The van der Waals surface area contributed by atoms with Crippen LogP contribution >= 0.6 is 23.5 Å². The highest BCUT2D eigenvalue weighted by Gasteiger charge is 2.26. The normalized spacial score (nSPS) is 18.8. The Balaban J connectivity index is 1.63. The standard InChI is InChI=1S/C13H9N5O2S2/c19-9-5-21-12(15-9)14-8-3-1-7(2-4-8)11-16-17-13-18(11)10(20)6-22-13/h1-4H,5-6H2,(H,14,15,19). The number of aromatic nitrogens is 3. The van der Waals surface area contributed by atoms with E-state index < -0.39 is 0 Å². The molecule has 22 heavy (non-hydrogen) atoms. The third-order valence-electron chi connectivity index (χ3n) is 3.15. The number of thioether (sulfide) groups is 2. The first-order valence-electron chi connectivity index (χ1n) is 6.44. The largest absolute Gasteiger partial charge is 0.304 e. The highest BCUT2D eigenvalue weighted by molar-refractivity contribution is 8.15. The van der Waals surface area contributed by atoms with Gasteiger partial charge in [0.2, 0.25) is 11.8 Å². The Kier molecular flexibility index (Phi) is 3.23. The van der Waals surface area contributed by atoms with E-state index in [1.807, 2.05) is 24.3 Å². The molecule has 1 aromatic heterocycles. The second-order valence-corrected chi connectivity index (χ2v) is 6.53. The van der Waals surface area contributed by atoms with E-state index in [0.717, 1.165) is 11.3 Å². The number of carbonyl (C=O) groups excluding carboxylic acids is 2. The van der Waals surface area contributed by atoms with Gasteiger partial charge in [0.15, 0.2) is 16.1 Å². The molecule has 1 fully saturated rings. The molecule has 2 aromatic rings. The van der Waals surface area contributed by atoms with Gasteiger partial charge in [0.05, 0.1) is 17.2 Å². The number of carbonyl (C=O) groups is 2. The van der Waals surface area contributed by atoms with E-state index in [1.165, 1.54) is 23.5 Å². The lowest BCUT2D eigenvalue weighted by Gasteiger charge is -2.02. The van der Waals surface area contributed by atoms with Crippen molar-refractivity contribution in [3.8, 4) is 11.4 Å². The third kappa shape index (κ3) is 2.32. The van der Waals surface area contributed by atoms with Crippen molar-refractivity contribution in [1.82, 2.24) is 20.1 Å². The molecule has 0 spiro atoms. The van der Waals surface area contributed by atoms with E-state index in [1.54, 1.807) is 4.57 Å². The molecule has 0 bridgehead atoms. The van der Waals surface area contributed by atoms with Gasteiger partial charge in [0.1, 0.15) is 0 Å². The zero-order valence-corrected chi connectivity index (χ0v) is 12.8. The summed E-state index contributed by atoms with van der Waals surface area (Å²) in [4.78, 5) is 27.3. The SMILES string of the molecule is O=C1CSC(=Nc2ccc(-c3nnc4n3C(=O)CS4)cc2)N1. The lowest BCUT2D eigenvalue weighted by Crippen LogP contribution is -2.19. The molecule has 1 amide bonds. The molecule has 110 valence electrons.